The van der Waals surface area contributed by atoms with E-state index in [-0.39, 0.29) is 0 Å². The molecule has 15 rings (SSSR count). The predicted octanol–water partition coefficient (Wildman–Crippen LogP) is 22.4. The van der Waals surface area contributed by atoms with Crippen molar-refractivity contribution >= 4 is 132 Å². The predicted molar refractivity (Wildman–Crippen MR) is 328 cm³/mol. The Morgan fingerprint density at radius 1 is 0.187 bits per heavy atom. The Balaban J connectivity index is 0.000000108. The summed E-state index contributed by atoms with van der Waals surface area (Å²) in [5, 5.41) is 25.1. The first-order valence-corrected chi connectivity index (χ1v) is 26.3. The fourth-order valence-electron chi connectivity index (χ4n) is 11.1. The minimum atomic E-state index is 0.668. The van der Waals surface area contributed by atoms with Crippen molar-refractivity contribution in [2.24, 2.45) is 0 Å². The van der Waals surface area contributed by atoms with Gasteiger partial charge in [-0.1, -0.05) is 271 Å². The van der Waals surface area contributed by atoms with Crippen LogP contribution in [0.1, 0.15) is 0 Å². The maximum atomic E-state index is 6.44. The summed E-state index contributed by atoms with van der Waals surface area (Å²) in [5.74, 6) is 0. The van der Waals surface area contributed by atoms with Crippen LogP contribution < -0.4 is 0 Å². The number of hydrogen-bond donors (Lipinski definition) is 0. The minimum Gasteiger partial charge on any atom is -0.0837 e. The van der Waals surface area contributed by atoms with Crippen LogP contribution in [0.5, 0.6) is 0 Å². The molecule has 0 aromatic heterocycles. The summed E-state index contributed by atoms with van der Waals surface area (Å²) in [6.45, 7) is 0. The summed E-state index contributed by atoms with van der Waals surface area (Å²) in [5.41, 5.74) is 6.67. The number of fused-ring (bicyclic) bond motifs is 15. The number of rotatable bonds is 3. The lowest BCUT2D eigenvalue weighted by Gasteiger charge is -2.12. The van der Waals surface area contributed by atoms with Crippen LogP contribution in [-0.2, 0) is 0 Å². The first-order chi connectivity index (χ1) is 36.9. The van der Waals surface area contributed by atoms with Crippen molar-refractivity contribution in [1.29, 1.82) is 0 Å². The van der Waals surface area contributed by atoms with Crippen molar-refractivity contribution in [3.63, 3.8) is 0 Å². The Morgan fingerprint density at radius 2 is 0.507 bits per heavy atom. The van der Waals surface area contributed by atoms with Crippen LogP contribution in [0.15, 0.2) is 273 Å². The normalized spacial score (nSPS) is 11.4. The van der Waals surface area contributed by atoms with Crippen molar-refractivity contribution in [1.82, 2.24) is 0 Å². The van der Waals surface area contributed by atoms with Gasteiger partial charge in [-0.25, -0.2) is 0 Å². The number of halogens is 3. The first kappa shape index (κ1) is 46.3. The van der Waals surface area contributed by atoms with Crippen LogP contribution in [0.4, 0.5) is 0 Å². The molecule has 0 unspecified atom stereocenters. The second-order valence-corrected chi connectivity index (χ2v) is 20.3. The van der Waals surface area contributed by atoms with E-state index < -0.39 is 0 Å². The molecule has 0 aliphatic carbocycles. The fraction of sp³-hybridized carbons (Fsp3) is 0. The van der Waals surface area contributed by atoms with E-state index >= 15 is 0 Å². The third-order valence-electron chi connectivity index (χ3n) is 14.7. The quantitative estimate of drug-likeness (QED) is 0.155. The maximum absolute atomic E-state index is 6.44. The molecule has 0 spiro atoms. The van der Waals surface area contributed by atoms with Gasteiger partial charge in [0.15, 0.2) is 0 Å². The second-order valence-electron chi connectivity index (χ2n) is 19.1. The van der Waals surface area contributed by atoms with Gasteiger partial charge in [-0.2, -0.15) is 0 Å². The summed E-state index contributed by atoms with van der Waals surface area (Å²) in [4.78, 5) is 0. The van der Waals surface area contributed by atoms with Crippen LogP contribution in [0, 0.1) is 0 Å². The molecule has 15 aromatic carbocycles. The summed E-state index contributed by atoms with van der Waals surface area (Å²) in [6.07, 6.45) is 0. The summed E-state index contributed by atoms with van der Waals surface area (Å²) < 4.78 is 0. The molecule has 0 amide bonds. The molecule has 0 nitrogen and oxygen atoms in total. The van der Waals surface area contributed by atoms with E-state index in [1.807, 2.05) is 36.4 Å². The highest BCUT2D eigenvalue weighted by molar-refractivity contribution is 6.39. The standard InChI is InChI=1S/C24H14Cl2.C24H15Cl.C24H16/c25-21-6-3-7-22(26)24(21)18-13-10-16-9-12-17-11-8-15-4-1-2-5-19(15)23(17)20(16)14-18;25-23-8-4-3-6-20(23)19-14-11-17-10-13-18-12-9-16-5-1-2-7-21(16)24(18)22(17)15-19;1-2-6-17(7-3-1)21-15-12-19-11-14-20-13-10-18-8-4-5-9-22(18)24(20)23(19)16-21/h1-14H;1-15H;1-16H. The highest BCUT2D eigenvalue weighted by Crippen LogP contribution is 2.41. The molecule has 75 heavy (non-hydrogen) atoms. The van der Waals surface area contributed by atoms with Gasteiger partial charge < -0.3 is 0 Å². The lowest BCUT2D eigenvalue weighted by molar-refractivity contribution is 1.65. The van der Waals surface area contributed by atoms with E-state index in [1.54, 1.807) is 0 Å². The van der Waals surface area contributed by atoms with E-state index in [0.29, 0.717) is 10.0 Å². The molecule has 0 heterocycles. The Morgan fingerprint density at radius 3 is 0.973 bits per heavy atom. The van der Waals surface area contributed by atoms with Gasteiger partial charge in [0.05, 0.1) is 0 Å². The summed E-state index contributed by atoms with van der Waals surface area (Å²) in [6, 6.07) is 96.3. The zero-order chi connectivity index (χ0) is 50.4. The first-order valence-electron chi connectivity index (χ1n) is 25.2. The van der Waals surface area contributed by atoms with Crippen LogP contribution in [-0.4, -0.2) is 0 Å². The lowest BCUT2D eigenvalue weighted by Crippen LogP contribution is -1.85. The van der Waals surface area contributed by atoms with Crippen LogP contribution in [0.3, 0.4) is 0 Å². The monoisotopic (exact) mass is 1010 g/mol. The van der Waals surface area contributed by atoms with Crippen molar-refractivity contribution < 1.29 is 0 Å². The zero-order valence-electron chi connectivity index (χ0n) is 40.6. The maximum Gasteiger partial charge on any atom is 0.0499 e. The molecule has 0 N–H and O–H groups in total. The van der Waals surface area contributed by atoms with Crippen LogP contribution in [0.2, 0.25) is 15.1 Å². The second kappa shape index (κ2) is 19.7. The third-order valence-corrected chi connectivity index (χ3v) is 15.7. The largest absolute Gasteiger partial charge is 0.0837 e. The Kier molecular flexibility index (Phi) is 12.2. The highest BCUT2D eigenvalue weighted by atomic mass is 35.5. The van der Waals surface area contributed by atoms with Gasteiger partial charge in [0.25, 0.3) is 0 Å². The number of benzene rings is 15. The lowest BCUT2D eigenvalue weighted by atomic mass is 9.94. The van der Waals surface area contributed by atoms with Gasteiger partial charge in [-0.05, 0) is 156 Å². The summed E-state index contributed by atoms with van der Waals surface area (Å²) in [7, 11) is 0. The van der Waals surface area contributed by atoms with Crippen LogP contribution >= 0.6 is 34.8 Å². The van der Waals surface area contributed by atoms with Gasteiger partial charge in [0, 0.05) is 26.2 Å². The van der Waals surface area contributed by atoms with E-state index in [9.17, 15) is 0 Å². The Bertz CT molecular complexity index is 4660. The Labute approximate surface area is 450 Å². The molecule has 0 saturated heterocycles. The van der Waals surface area contributed by atoms with E-state index in [0.717, 1.165) is 27.3 Å². The van der Waals surface area contributed by atoms with E-state index in [1.165, 1.54) is 108 Å². The molecular formula is C72H45Cl3. The van der Waals surface area contributed by atoms with Gasteiger partial charge in [0.2, 0.25) is 0 Å². The van der Waals surface area contributed by atoms with Crippen molar-refractivity contribution in [2.45, 2.75) is 0 Å². The SMILES string of the molecule is Clc1cccc(Cl)c1-c1ccc2ccc3ccc4ccccc4c3c2c1.Clc1ccccc1-c1ccc2ccc3ccc4ccccc4c3c2c1.c1ccc(-c2ccc3ccc4ccc5ccccc5c4c3c2)cc1. The fourth-order valence-corrected chi connectivity index (χ4v) is 11.9. The van der Waals surface area contributed by atoms with Gasteiger partial charge in [-0.3, -0.25) is 0 Å². The average molecular weight is 1020 g/mol. The van der Waals surface area contributed by atoms with Crippen LogP contribution in [0.25, 0.3) is 130 Å². The topological polar surface area (TPSA) is 0 Å². The molecule has 0 radical (unpaired) electrons. The molecular weight excluding hydrogens is 971 g/mol. The molecule has 354 valence electrons. The van der Waals surface area contributed by atoms with E-state index in [4.69, 9.17) is 34.8 Å². The molecule has 0 bridgehead atoms. The number of hydrogen-bond acceptors (Lipinski definition) is 0. The van der Waals surface area contributed by atoms with Gasteiger partial charge in [-0.15, -0.1) is 0 Å². The third kappa shape index (κ3) is 8.68. The molecule has 0 aliphatic rings. The molecule has 0 saturated carbocycles. The van der Waals surface area contributed by atoms with Crippen molar-refractivity contribution in [2.75, 3.05) is 0 Å². The van der Waals surface area contributed by atoms with Crippen molar-refractivity contribution in [3.05, 3.63) is 288 Å². The molecule has 0 fully saturated rings. The van der Waals surface area contributed by atoms with Crippen molar-refractivity contribution in [3.8, 4) is 33.4 Å². The summed E-state index contributed by atoms with van der Waals surface area (Å²) >= 11 is 19.3. The van der Waals surface area contributed by atoms with Gasteiger partial charge >= 0.3 is 0 Å². The molecule has 3 heteroatoms. The van der Waals surface area contributed by atoms with Gasteiger partial charge in [0.1, 0.15) is 0 Å². The van der Waals surface area contributed by atoms with E-state index in [2.05, 4.69) is 237 Å². The molecule has 15 aromatic rings. The molecule has 0 atom stereocenters. The smallest absolute Gasteiger partial charge is 0.0499 e. The zero-order valence-corrected chi connectivity index (χ0v) is 42.9. The average Bonchev–Trinajstić information content (AvgIpc) is 3.48. The Hall–Kier alpha value is -8.49. The highest BCUT2D eigenvalue weighted by Gasteiger charge is 2.13. The minimum absolute atomic E-state index is 0.668. The molecule has 0 aliphatic heterocycles.